The number of aryl methyl sites for hydroxylation is 1. The van der Waals surface area contributed by atoms with Crippen molar-refractivity contribution in [1.82, 2.24) is 14.5 Å². The number of benzene rings is 2. The average molecular weight is 442 g/mol. The van der Waals surface area contributed by atoms with Crippen LogP contribution in [0.5, 0.6) is 0 Å². The van der Waals surface area contributed by atoms with Gasteiger partial charge in [-0.3, -0.25) is 19.3 Å². The van der Waals surface area contributed by atoms with Gasteiger partial charge in [-0.15, -0.1) is 11.6 Å². The van der Waals surface area contributed by atoms with Gasteiger partial charge in [0.05, 0.1) is 6.54 Å². The monoisotopic (exact) mass is 441 g/mol. The number of imidazole rings is 1. The van der Waals surface area contributed by atoms with Crippen LogP contribution in [0.4, 0.5) is 11.6 Å². The molecule has 0 saturated heterocycles. The number of anilines is 1. The van der Waals surface area contributed by atoms with Crippen molar-refractivity contribution in [2.75, 3.05) is 17.7 Å². The molecule has 0 aliphatic carbocycles. The molecule has 2 heterocycles. The van der Waals surface area contributed by atoms with Gasteiger partial charge in [-0.2, -0.15) is 0 Å². The number of hydrogen-bond acceptors (Lipinski definition) is 6. The summed E-state index contributed by atoms with van der Waals surface area (Å²) in [5, 5.41) is 14.7. The van der Waals surface area contributed by atoms with E-state index < -0.39 is 22.6 Å². The molecule has 3 amide bonds. The number of carbonyl (C=O) groups is 3. The first-order chi connectivity index (χ1) is 14.9. The summed E-state index contributed by atoms with van der Waals surface area (Å²) in [6.45, 7) is 0.321. The molecule has 11 heteroatoms. The standard InChI is InChI=1S/C20H16ClN5O5/c21-11-16(27)23-15-6-5-14-17-12(15)3-1-4-13(17)18(28)25(19(14)29)9-2-8-24-10-7-22-20(24)26(30)31/h1,3-7,10H,2,8-9,11H2,(H,23,27). The zero-order valence-corrected chi connectivity index (χ0v) is 16.8. The fourth-order valence-electron chi connectivity index (χ4n) is 3.69. The Kier molecular flexibility index (Phi) is 5.38. The molecule has 0 unspecified atom stereocenters. The number of halogens is 1. The van der Waals surface area contributed by atoms with Gasteiger partial charge in [0.25, 0.3) is 11.8 Å². The highest BCUT2D eigenvalue weighted by Gasteiger charge is 2.33. The number of nitrogens with zero attached hydrogens (tertiary/aromatic N) is 4. The van der Waals surface area contributed by atoms with E-state index in [1.165, 1.54) is 17.0 Å². The maximum atomic E-state index is 13.0. The molecular weight excluding hydrogens is 426 g/mol. The minimum Gasteiger partial charge on any atom is -0.390 e. The fraction of sp³-hybridized carbons (Fsp3) is 0.200. The van der Waals surface area contributed by atoms with Crippen LogP contribution in [0.3, 0.4) is 0 Å². The molecule has 0 bridgehead atoms. The van der Waals surface area contributed by atoms with Gasteiger partial charge in [-0.1, -0.05) is 17.1 Å². The highest BCUT2D eigenvalue weighted by molar-refractivity contribution is 6.30. The number of amides is 3. The number of imide groups is 1. The lowest BCUT2D eigenvalue weighted by Crippen LogP contribution is -2.41. The molecule has 3 aromatic rings. The third-order valence-electron chi connectivity index (χ3n) is 5.02. The molecule has 2 aromatic carbocycles. The summed E-state index contributed by atoms with van der Waals surface area (Å²) in [7, 11) is 0. The van der Waals surface area contributed by atoms with E-state index in [0.717, 1.165) is 4.90 Å². The van der Waals surface area contributed by atoms with E-state index >= 15 is 0 Å². The Morgan fingerprint density at radius 3 is 2.58 bits per heavy atom. The molecule has 31 heavy (non-hydrogen) atoms. The van der Waals surface area contributed by atoms with Gasteiger partial charge >= 0.3 is 5.95 Å². The van der Waals surface area contributed by atoms with Crippen molar-refractivity contribution < 1.29 is 19.3 Å². The first-order valence-corrected chi connectivity index (χ1v) is 9.89. The zero-order chi connectivity index (χ0) is 22.1. The molecule has 10 nitrogen and oxygen atoms in total. The minimum atomic E-state index is -0.589. The van der Waals surface area contributed by atoms with Gasteiger partial charge in [0.15, 0.2) is 0 Å². The van der Waals surface area contributed by atoms with E-state index in [0.29, 0.717) is 34.0 Å². The van der Waals surface area contributed by atoms with Crippen molar-refractivity contribution in [3.05, 3.63) is 64.0 Å². The minimum absolute atomic E-state index is 0.0908. The van der Waals surface area contributed by atoms with Crippen molar-refractivity contribution >= 4 is 51.7 Å². The van der Waals surface area contributed by atoms with Gasteiger partial charge in [-0.05, 0) is 29.5 Å². The predicted molar refractivity (Wildman–Crippen MR) is 112 cm³/mol. The van der Waals surface area contributed by atoms with Crippen molar-refractivity contribution in [2.45, 2.75) is 13.0 Å². The lowest BCUT2D eigenvalue weighted by atomic mass is 9.93. The summed E-state index contributed by atoms with van der Waals surface area (Å²) in [5.41, 5.74) is 1.16. The van der Waals surface area contributed by atoms with Crippen LogP contribution >= 0.6 is 11.6 Å². The van der Waals surface area contributed by atoms with E-state index in [1.54, 1.807) is 30.3 Å². The Labute approximate surface area is 180 Å². The fourth-order valence-corrected chi connectivity index (χ4v) is 3.76. The van der Waals surface area contributed by atoms with Crippen molar-refractivity contribution in [3.8, 4) is 0 Å². The van der Waals surface area contributed by atoms with Crippen LogP contribution in [0.25, 0.3) is 10.8 Å². The third-order valence-corrected chi connectivity index (χ3v) is 5.27. The smallest absolute Gasteiger partial charge is 0.390 e. The summed E-state index contributed by atoms with van der Waals surface area (Å²) < 4.78 is 1.36. The Morgan fingerprint density at radius 2 is 1.87 bits per heavy atom. The Bertz CT molecular complexity index is 1220. The second-order valence-electron chi connectivity index (χ2n) is 6.86. The van der Waals surface area contributed by atoms with Crippen LogP contribution in [-0.4, -0.2) is 49.5 Å². The van der Waals surface area contributed by atoms with Crippen LogP contribution in [-0.2, 0) is 11.3 Å². The van der Waals surface area contributed by atoms with Crippen LogP contribution in [0.1, 0.15) is 27.1 Å². The lowest BCUT2D eigenvalue weighted by molar-refractivity contribution is -0.396. The first-order valence-electron chi connectivity index (χ1n) is 9.35. The third kappa shape index (κ3) is 3.61. The summed E-state index contributed by atoms with van der Waals surface area (Å²) >= 11 is 5.56. The maximum Gasteiger partial charge on any atom is 0.434 e. The van der Waals surface area contributed by atoms with E-state index in [2.05, 4.69) is 10.3 Å². The molecule has 0 fully saturated rings. The summed E-state index contributed by atoms with van der Waals surface area (Å²) in [6.07, 6.45) is 3.13. The van der Waals surface area contributed by atoms with Crippen LogP contribution in [0, 0.1) is 10.1 Å². The number of aromatic nitrogens is 2. The average Bonchev–Trinajstić information content (AvgIpc) is 3.24. The molecule has 1 N–H and O–H groups in total. The summed E-state index contributed by atoms with van der Waals surface area (Å²) in [4.78, 5) is 53.0. The zero-order valence-electron chi connectivity index (χ0n) is 16.1. The van der Waals surface area contributed by atoms with E-state index in [4.69, 9.17) is 11.6 Å². The highest BCUT2D eigenvalue weighted by Crippen LogP contribution is 2.34. The highest BCUT2D eigenvalue weighted by atomic mass is 35.5. The van der Waals surface area contributed by atoms with Gasteiger partial charge in [-0.25, -0.2) is 4.57 Å². The molecule has 0 atom stereocenters. The largest absolute Gasteiger partial charge is 0.434 e. The number of carbonyl (C=O) groups excluding carboxylic acids is 3. The molecule has 1 aliphatic heterocycles. The molecular formula is C20H16ClN5O5. The molecule has 0 radical (unpaired) electrons. The number of hydrogen-bond donors (Lipinski definition) is 1. The van der Waals surface area contributed by atoms with E-state index in [-0.39, 0.29) is 24.9 Å². The van der Waals surface area contributed by atoms with Crippen LogP contribution < -0.4 is 5.32 Å². The summed E-state index contributed by atoms with van der Waals surface area (Å²) in [6, 6.07) is 8.20. The van der Waals surface area contributed by atoms with Gasteiger partial charge in [0.1, 0.15) is 18.3 Å². The first kappa shape index (κ1) is 20.5. The molecule has 0 spiro atoms. The number of alkyl halides is 1. The van der Waals surface area contributed by atoms with Crippen molar-refractivity contribution in [3.63, 3.8) is 0 Å². The van der Waals surface area contributed by atoms with E-state index in [1.807, 2.05) is 0 Å². The molecule has 158 valence electrons. The normalized spacial score (nSPS) is 13.0. The molecule has 1 aliphatic rings. The maximum absolute atomic E-state index is 13.0. The Balaban J connectivity index is 1.60. The van der Waals surface area contributed by atoms with Gasteiger partial charge in [0, 0.05) is 34.1 Å². The second-order valence-corrected chi connectivity index (χ2v) is 7.13. The van der Waals surface area contributed by atoms with Crippen LogP contribution in [0.2, 0.25) is 0 Å². The number of rotatable bonds is 7. The molecule has 0 saturated carbocycles. The predicted octanol–water partition coefficient (Wildman–Crippen LogP) is 2.81. The van der Waals surface area contributed by atoms with E-state index in [9.17, 15) is 24.5 Å². The number of nitro groups is 1. The SMILES string of the molecule is O=C(CCl)Nc1ccc2c3c(cccc13)C(=O)N(CCCn1ccnc1[N+](=O)[O-])C2=O. The summed E-state index contributed by atoms with van der Waals surface area (Å²) in [5.74, 6) is -1.82. The topological polar surface area (TPSA) is 127 Å². The van der Waals surface area contributed by atoms with Crippen LogP contribution in [0.15, 0.2) is 42.7 Å². The van der Waals surface area contributed by atoms with Crippen molar-refractivity contribution in [1.29, 1.82) is 0 Å². The quantitative estimate of drug-likeness (QED) is 0.260. The second kappa shape index (κ2) is 8.15. The molecule has 4 rings (SSSR count). The Hall–Kier alpha value is -3.79. The van der Waals surface area contributed by atoms with Gasteiger partial charge < -0.3 is 15.4 Å². The molecule has 1 aromatic heterocycles. The Morgan fingerprint density at radius 1 is 1.13 bits per heavy atom. The van der Waals surface area contributed by atoms with Crippen molar-refractivity contribution in [2.24, 2.45) is 0 Å². The lowest BCUT2D eigenvalue weighted by Gasteiger charge is -2.27. The van der Waals surface area contributed by atoms with Gasteiger partial charge in [0.2, 0.25) is 5.91 Å². The number of nitrogens with one attached hydrogen (secondary N) is 1.